The normalized spacial score (nSPS) is 12.8. The quantitative estimate of drug-likeness (QED) is 0.363. The molecule has 0 aliphatic rings. The zero-order valence-corrected chi connectivity index (χ0v) is 5.00. The number of Topliss-reactive ketones (excluding diaryl/α,β-unsaturated/α-hetero) is 2. The van der Waals surface area contributed by atoms with Crippen molar-refractivity contribution in [3.8, 4) is 0 Å². The molecule has 0 aromatic heterocycles. The van der Waals surface area contributed by atoms with E-state index in [4.69, 9.17) is 10.2 Å². The van der Waals surface area contributed by atoms with E-state index in [0.717, 1.165) is 6.92 Å². The second kappa shape index (κ2) is 3.32. The van der Waals surface area contributed by atoms with Crippen LogP contribution in [-0.4, -0.2) is 34.5 Å². The maximum atomic E-state index is 10.3. The minimum atomic E-state index is -1.54. The molecule has 0 spiro atoms. The molecule has 52 valence electrons. The summed E-state index contributed by atoms with van der Waals surface area (Å²) in [4.78, 5) is 20.4. The van der Waals surface area contributed by atoms with Crippen molar-refractivity contribution in [2.24, 2.45) is 0 Å². The molecule has 0 aliphatic carbocycles. The predicted molar refractivity (Wildman–Crippen MR) is 28.8 cm³/mol. The number of hydrogen-bond donors (Lipinski definition) is 2. The Balaban J connectivity index is 3.88. The van der Waals surface area contributed by atoms with Crippen LogP contribution in [0, 0.1) is 0 Å². The van der Waals surface area contributed by atoms with Gasteiger partial charge in [0.15, 0.2) is 5.78 Å². The average Bonchev–Trinajstić information content (AvgIpc) is 1.84. The Morgan fingerprint density at radius 2 is 2.00 bits per heavy atom. The maximum absolute atomic E-state index is 10.3. The number of carbonyl (C=O) groups excluding carboxylic acids is 2. The van der Waals surface area contributed by atoms with Gasteiger partial charge >= 0.3 is 0 Å². The van der Waals surface area contributed by atoms with E-state index < -0.39 is 24.3 Å². The van der Waals surface area contributed by atoms with Crippen LogP contribution in [-0.2, 0) is 9.59 Å². The Morgan fingerprint density at radius 1 is 1.56 bits per heavy atom. The van der Waals surface area contributed by atoms with Crippen molar-refractivity contribution in [2.45, 2.75) is 13.0 Å². The molecule has 1 atom stereocenters. The lowest BCUT2D eigenvalue weighted by Crippen LogP contribution is -2.29. The van der Waals surface area contributed by atoms with Crippen molar-refractivity contribution in [3.63, 3.8) is 0 Å². The summed E-state index contributed by atoms with van der Waals surface area (Å²) in [6.07, 6.45) is -1.54. The van der Waals surface area contributed by atoms with Gasteiger partial charge in [0.05, 0.1) is 6.61 Å². The predicted octanol–water partition coefficient (Wildman–Crippen LogP) is -1.50. The summed E-state index contributed by atoms with van der Waals surface area (Å²) in [5.41, 5.74) is 0. The van der Waals surface area contributed by atoms with Crippen molar-refractivity contribution < 1.29 is 19.8 Å². The number of aliphatic hydroxyl groups excluding tert-OH is 2. The number of carbonyl (C=O) groups is 2. The van der Waals surface area contributed by atoms with Crippen molar-refractivity contribution in [1.82, 2.24) is 0 Å². The highest BCUT2D eigenvalue weighted by Crippen LogP contribution is 1.84. The molecule has 0 aliphatic heterocycles. The smallest absolute Gasteiger partial charge is 0.228 e. The maximum Gasteiger partial charge on any atom is 0.228 e. The van der Waals surface area contributed by atoms with Gasteiger partial charge in [-0.1, -0.05) is 0 Å². The van der Waals surface area contributed by atoms with Gasteiger partial charge in [-0.15, -0.1) is 0 Å². The van der Waals surface area contributed by atoms with Gasteiger partial charge < -0.3 is 10.2 Å². The van der Waals surface area contributed by atoms with Gasteiger partial charge in [-0.2, -0.15) is 0 Å². The van der Waals surface area contributed by atoms with Gasteiger partial charge in [-0.25, -0.2) is 0 Å². The van der Waals surface area contributed by atoms with E-state index in [1.165, 1.54) is 0 Å². The fourth-order valence-corrected chi connectivity index (χ4v) is 0.318. The summed E-state index contributed by atoms with van der Waals surface area (Å²) in [5.74, 6) is -1.69. The molecular weight excluding hydrogens is 125 g/mol. The molecule has 0 saturated carbocycles. The van der Waals surface area contributed by atoms with Crippen LogP contribution in [0.15, 0.2) is 0 Å². The summed E-state index contributed by atoms with van der Waals surface area (Å²) in [5, 5.41) is 16.6. The molecule has 4 heteroatoms. The summed E-state index contributed by atoms with van der Waals surface area (Å²) in [6, 6.07) is 0. The van der Waals surface area contributed by atoms with Crippen molar-refractivity contribution in [2.75, 3.05) is 6.61 Å². The van der Waals surface area contributed by atoms with E-state index in [9.17, 15) is 9.59 Å². The van der Waals surface area contributed by atoms with E-state index in [0.29, 0.717) is 0 Å². The van der Waals surface area contributed by atoms with Crippen LogP contribution in [0.4, 0.5) is 0 Å². The van der Waals surface area contributed by atoms with Gasteiger partial charge in [-0.05, 0) is 0 Å². The van der Waals surface area contributed by atoms with Gasteiger partial charge in [0.2, 0.25) is 5.78 Å². The van der Waals surface area contributed by atoms with Gasteiger partial charge in [0.1, 0.15) is 6.10 Å². The van der Waals surface area contributed by atoms with E-state index in [-0.39, 0.29) is 0 Å². The molecule has 0 aromatic rings. The lowest BCUT2D eigenvalue weighted by Gasteiger charge is -1.99. The van der Waals surface area contributed by atoms with E-state index in [1.807, 2.05) is 0 Å². The highest BCUT2D eigenvalue weighted by molar-refractivity contribution is 6.37. The topological polar surface area (TPSA) is 74.6 Å². The third-order valence-electron chi connectivity index (χ3n) is 0.823. The van der Waals surface area contributed by atoms with Crippen molar-refractivity contribution in [3.05, 3.63) is 0 Å². The molecule has 0 saturated heterocycles. The first-order valence-corrected chi connectivity index (χ1v) is 2.43. The van der Waals surface area contributed by atoms with E-state index in [1.54, 1.807) is 0 Å². The first-order chi connectivity index (χ1) is 4.09. The van der Waals surface area contributed by atoms with Crippen molar-refractivity contribution in [1.29, 1.82) is 0 Å². The first-order valence-electron chi connectivity index (χ1n) is 2.43. The van der Waals surface area contributed by atoms with Crippen molar-refractivity contribution >= 4 is 11.6 Å². The molecule has 0 amide bonds. The fraction of sp³-hybridized carbons (Fsp3) is 0.600. The molecule has 1 unspecified atom stereocenters. The fourth-order valence-electron chi connectivity index (χ4n) is 0.318. The van der Waals surface area contributed by atoms with Crippen LogP contribution in [0.2, 0.25) is 0 Å². The molecule has 4 nitrogen and oxygen atoms in total. The monoisotopic (exact) mass is 133 g/mol. The summed E-state index contributed by atoms with van der Waals surface area (Å²) >= 11 is 0. The summed E-state index contributed by atoms with van der Waals surface area (Å²) < 4.78 is 0. The highest BCUT2D eigenvalue weighted by atomic mass is 16.3. The SMILES string of the molecule is [13CH3]C(=O)C(=O)C(O)CO. The number of hydrogen-bond acceptors (Lipinski definition) is 4. The lowest BCUT2D eigenvalue weighted by atomic mass is 10.2. The third-order valence-corrected chi connectivity index (χ3v) is 0.823. The molecule has 9 heavy (non-hydrogen) atoms. The highest BCUT2D eigenvalue weighted by Gasteiger charge is 2.17. The van der Waals surface area contributed by atoms with E-state index in [2.05, 4.69) is 0 Å². The molecular formula is C5H8O4. The number of aliphatic hydroxyl groups is 2. The zero-order chi connectivity index (χ0) is 7.44. The Bertz CT molecular complexity index is 129. The van der Waals surface area contributed by atoms with Crippen LogP contribution < -0.4 is 0 Å². The molecule has 0 rings (SSSR count). The summed E-state index contributed by atoms with van der Waals surface area (Å²) in [6.45, 7) is 0.347. The summed E-state index contributed by atoms with van der Waals surface area (Å²) in [7, 11) is 0. The standard InChI is InChI=1S/C5H8O4/c1-3(7)5(9)4(8)2-6/h4,6,8H,2H2,1H3/i1+1. The second-order valence-electron chi connectivity index (χ2n) is 1.62. The minimum Gasteiger partial charge on any atom is -0.393 e. The Kier molecular flexibility index (Phi) is 3.05. The zero-order valence-electron chi connectivity index (χ0n) is 5.00. The van der Waals surface area contributed by atoms with Crippen LogP contribution in [0.25, 0.3) is 0 Å². The Labute approximate surface area is 52.1 Å². The number of ketones is 2. The molecule has 0 aromatic carbocycles. The van der Waals surface area contributed by atoms with Crippen LogP contribution in [0.1, 0.15) is 6.92 Å². The molecule has 0 radical (unpaired) electrons. The Hall–Kier alpha value is -0.740. The molecule has 0 heterocycles. The van der Waals surface area contributed by atoms with Gasteiger partial charge in [0.25, 0.3) is 0 Å². The largest absolute Gasteiger partial charge is 0.393 e. The van der Waals surface area contributed by atoms with Crippen LogP contribution >= 0.6 is 0 Å². The Morgan fingerprint density at radius 3 is 2.11 bits per heavy atom. The minimum absolute atomic E-state index is 0.696. The first kappa shape index (κ1) is 8.26. The second-order valence-corrected chi connectivity index (χ2v) is 1.62. The number of rotatable bonds is 3. The third kappa shape index (κ3) is 2.34. The molecule has 2 N–H and O–H groups in total. The lowest BCUT2D eigenvalue weighted by molar-refractivity contribution is -0.141. The molecule has 0 fully saturated rings. The molecule has 0 bridgehead atoms. The van der Waals surface area contributed by atoms with Crippen LogP contribution in [0.5, 0.6) is 0 Å². The average molecular weight is 133 g/mol. The van der Waals surface area contributed by atoms with E-state index >= 15 is 0 Å². The van der Waals surface area contributed by atoms with Gasteiger partial charge in [-0.3, -0.25) is 9.59 Å². The van der Waals surface area contributed by atoms with Crippen LogP contribution in [0.3, 0.4) is 0 Å². The van der Waals surface area contributed by atoms with Gasteiger partial charge in [0, 0.05) is 6.92 Å².